The average Bonchev–Trinajstić information content (AvgIpc) is 2.29. The van der Waals surface area contributed by atoms with Crippen molar-refractivity contribution in [2.24, 2.45) is 5.73 Å². The van der Waals surface area contributed by atoms with Crippen LogP contribution in [0.3, 0.4) is 0 Å². The van der Waals surface area contributed by atoms with Gasteiger partial charge in [-0.15, -0.1) is 0 Å². The molecule has 1 atom stereocenters. The molecule has 0 amide bonds. The van der Waals surface area contributed by atoms with Gasteiger partial charge in [0.05, 0.1) is 5.56 Å². The first-order valence-corrected chi connectivity index (χ1v) is 5.22. The van der Waals surface area contributed by atoms with E-state index in [0.29, 0.717) is 5.95 Å². The molecule has 2 heterocycles. The fraction of sp³-hybridized carbons (Fsp3) is 0.500. The quantitative estimate of drug-likeness (QED) is 0.737. The third-order valence-corrected chi connectivity index (χ3v) is 2.63. The van der Waals surface area contributed by atoms with E-state index in [9.17, 15) is 4.79 Å². The lowest BCUT2D eigenvalue weighted by molar-refractivity contribution is 0.0696. The highest BCUT2D eigenvalue weighted by molar-refractivity contribution is 5.86. The van der Waals surface area contributed by atoms with Crippen molar-refractivity contribution in [3.05, 3.63) is 18.0 Å². The first-order chi connectivity index (χ1) is 7.66. The van der Waals surface area contributed by atoms with Crippen molar-refractivity contribution >= 4 is 11.9 Å². The van der Waals surface area contributed by atoms with Crippen LogP contribution in [0.5, 0.6) is 0 Å². The maximum Gasteiger partial charge on any atom is 0.338 e. The molecular formula is C10H14N4O2. The zero-order valence-corrected chi connectivity index (χ0v) is 8.83. The molecule has 1 aromatic rings. The maximum atomic E-state index is 10.6. The lowest BCUT2D eigenvalue weighted by Crippen LogP contribution is -2.43. The summed E-state index contributed by atoms with van der Waals surface area (Å²) in [6, 6.07) is 0.150. The number of carboxylic acids is 1. The van der Waals surface area contributed by atoms with Crippen LogP contribution in [0.25, 0.3) is 0 Å². The Bertz CT molecular complexity index is 379. The molecule has 1 aromatic heterocycles. The van der Waals surface area contributed by atoms with Crippen molar-refractivity contribution in [3.63, 3.8) is 0 Å². The minimum absolute atomic E-state index is 0.102. The fourth-order valence-electron chi connectivity index (χ4n) is 1.79. The Morgan fingerprint density at radius 1 is 1.50 bits per heavy atom. The molecular weight excluding hydrogens is 208 g/mol. The van der Waals surface area contributed by atoms with E-state index in [1.165, 1.54) is 12.4 Å². The number of anilines is 1. The summed E-state index contributed by atoms with van der Waals surface area (Å²) in [5.41, 5.74) is 5.95. The molecule has 1 aliphatic heterocycles. The van der Waals surface area contributed by atoms with Gasteiger partial charge in [0.25, 0.3) is 0 Å². The lowest BCUT2D eigenvalue weighted by Gasteiger charge is -2.30. The van der Waals surface area contributed by atoms with Gasteiger partial charge < -0.3 is 15.7 Å². The van der Waals surface area contributed by atoms with Crippen LogP contribution >= 0.6 is 0 Å². The lowest BCUT2D eigenvalue weighted by atomic mass is 10.1. The average molecular weight is 222 g/mol. The Morgan fingerprint density at radius 2 is 2.19 bits per heavy atom. The van der Waals surface area contributed by atoms with E-state index >= 15 is 0 Å². The maximum absolute atomic E-state index is 10.6. The van der Waals surface area contributed by atoms with Crippen molar-refractivity contribution < 1.29 is 9.90 Å². The van der Waals surface area contributed by atoms with Gasteiger partial charge in [-0.2, -0.15) is 0 Å². The summed E-state index contributed by atoms with van der Waals surface area (Å²) in [6.07, 6.45) is 4.69. The number of hydrogen-bond acceptors (Lipinski definition) is 5. The Morgan fingerprint density at radius 3 is 2.75 bits per heavy atom. The highest BCUT2D eigenvalue weighted by Crippen LogP contribution is 2.14. The molecule has 1 fully saturated rings. The van der Waals surface area contributed by atoms with Crippen LogP contribution in [0.4, 0.5) is 5.95 Å². The van der Waals surface area contributed by atoms with Gasteiger partial charge in [-0.3, -0.25) is 0 Å². The Hall–Kier alpha value is -1.69. The molecule has 6 nitrogen and oxygen atoms in total. The summed E-state index contributed by atoms with van der Waals surface area (Å²) in [5, 5.41) is 8.71. The number of carboxylic acid groups (broad SMARTS) is 1. The second kappa shape index (κ2) is 4.44. The standard InChI is InChI=1S/C10H14N4O2/c11-8-2-1-3-14(6-8)10-12-4-7(5-13-10)9(15)16/h4-5,8H,1-3,6,11H2,(H,15,16)/t8-/m1/s1. The Kier molecular flexibility index (Phi) is 3.00. The fourth-order valence-corrected chi connectivity index (χ4v) is 1.79. The molecule has 6 heteroatoms. The molecule has 86 valence electrons. The van der Waals surface area contributed by atoms with Gasteiger partial charge in [0.15, 0.2) is 0 Å². The molecule has 0 spiro atoms. The predicted molar refractivity (Wildman–Crippen MR) is 58.4 cm³/mol. The van der Waals surface area contributed by atoms with Gasteiger partial charge in [-0.25, -0.2) is 14.8 Å². The molecule has 0 unspecified atom stereocenters. The van der Waals surface area contributed by atoms with E-state index in [2.05, 4.69) is 9.97 Å². The van der Waals surface area contributed by atoms with Crippen molar-refractivity contribution in [2.75, 3.05) is 18.0 Å². The zero-order chi connectivity index (χ0) is 11.5. The number of nitrogens with two attached hydrogens (primary N) is 1. The third kappa shape index (κ3) is 2.27. The summed E-state index contributed by atoms with van der Waals surface area (Å²) in [7, 11) is 0. The van der Waals surface area contributed by atoms with Crippen LogP contribution in [0, 0.1) is 0 Å². The van der Waals surface area contributed by atoms with Gasteiger partial charge in [0.2, 0.25) is 5.95 Å². The molecule has 1 saturated heterocycles. The number of hydrogen-bond donors (Lipinski definition) is 2. The number of carbonyl (C=O) groups is 1. The van der Waals surface area contributed by atoms with Crippen molar-refractivity contribution in [1.82, 2.24) is 9.97 Å². The molecule has 0 aliphatic carbocycles. The van der Waals surface area contributed by atoms with Crippen LogP contribution < -0.4 is 10.6 Å². The zero-order valence-electron chi connectivity index (χ0n) is 8.83. The van der Waals surface area contributed by atoms with Gasteiger partial charge >= 0.3 is 5.97 Å². The van der Waals surface area contributed by atoms with Gasteiger partial charge in [-0.1, -0.05) is 0 Å². The summed E-state index contributed by atoms with van der Waals surface area (Å²) in [5.74, 6) is -0.456. The third-order valence-electron chi connectivity index (χ3n) is 2.63. The largest absolute Gasteiger partial charge is 0.478 e. The molecule has 1 aliphatic rings. The second-order valence-electron chi connectivity index (χ2n) is 3.93. The highest BCUT2D eigenvalue weighted by atomic mass is 16.4. The van der Waals surface area contributed by atoms with E-state index in [4.69, 9.17) is 10.8 Å². The molecule has 0 bridgehead atoms. The minimum atomic E-state index is -1.01. The summed E-state index contributed by atoms with van der Waals surface area (Å²) < 4.78 is 0. The number of piperidine rings is 1. The monoisotopic (exact) mass is 222 g/mol. The number of aromatic nitrogens is 2. The predicted octanol–water partition coefficient (Wildman–Crippen LogP) is 0.102. The minimum Gasteiger partial charge on any atom is -0.478 e. The second-order valence-corrected chi connectivity index (χ2v) is 3.93. The van der Waals surface area contributed by atoms with E-state index in [1.807, 2.05) is 4.90 Å². The first kappa shape index (κ1) is 10.8. The molecule has 16 heavy (non-hydrogen) atoms. The normalized spacial score (nSPS) is 20.8. The van der Waals surface area contributed by atoms with Crippen molar-refractivity contribution in [2.45, 2.75) is 18.9 Å². The van der Waals surface area contributed by atoms with Crippen molar-refractivity contribution in [1.29, 1.82) is 0 Å². The number of rotatable bonds is 2. The van der Waals surface area contributed by atoms with Crippen LogP contribution in [0.1, 0.15) is 23.2 Å². The van der Waals surface area contributed by atoms with Gasteiger partial charge in [0.1, 0.15) is 0 Å². The molecule has 3 N–H and O–H groups in total. The smallest absolute Gasteiger partial charge is 0.338 e. The number of aromatic carboxylic acids is 1. The SMILES string of the molecule is N[C@@H]1CCCN(c2ncc(C(=O)O)cn2)C1. The van der Waals surface area contributed by atoms with E-state index in [1.54, 1.807) is 0 Å². The van der Waals surface area contributed by atoms with Crippen LogP contribution in [0.15, 0.2) is 12.4 Å². The molecule has 0 radical (unpaired) electrons. The molecule has 2 rings (SSSR count). The van der Waals surface area contributed by atoms with Crippen LogP contribution in [0.2, 0.25) is 0 Å². The summed E-state index contributed by atoms with van der Waals surface area (Å²) in [4.78, 5) is 20.7. The van der Waals surface area contributed by atoms with E-state index in [-0.39, 0.29) is 11.6 Å². The summed E-state index contributed by atoms with van der Waals surface area (Å²) >= 11 is 0. The Balaban J connectivity index is 2.11. The van der Waals surface area contributed by atoms with Crippen LogP contribution in [-0.2, 0) is 0 Å². The number of nitrogens with zero attached hydrogens (tertiary/aromatic N) is 3. The topological polar surface area (TPSA) is 92.3 Å². The van der Waals surface area contributed by atoms with E-state index in [0.717, 1.165) is 25.9 Å². The Labute approximate surface area is 93.1 Å². The summed E-state index contributed by atoms with van der Waals surface area (Å²) in [6.45, 7) is 1.60. The van der Waals surface area contributed by atoms with Gasteiger partial charge in [-0.05, 0) is 12.8 Å². The molecule has 0 aromatic carbocycles. The molecule has 0 saturated carbocycles. The van der Waals surface area contributed by atoms with Gasteiger partial charge in [0, 0.05) is 31.5 Å². The first-order valence-electron chi connectivity index (χ1n) is 5.22. The van der Waals surface area contributed by atoms with Crippen LogP contribution in [-0.4, -0.2) is 40.2 Å². The van der Waals surface area contributed by atoms with E-state index < -0.39 is 5.97 Å². The van der Waals surface area contributed by atoms with Crippen molar-refractivity contribution in [3.8, 4) is 0 Å². The highest BCUT2D eigenvalue weighted by Gasteiger charge is 2.18.